The van der Waals surface area contributed by atoms with Crippen LogP contribution in [0.1, 0.15) is 36.5 Å². The van der Waals surface area contributed by atoms with Crippen LogP contribution in [-0.2, 0) is 0 Å². The summed E-state index contributed by atoms with van der Waals surface area (Å²) in [6.07, 6.45) is 3.44. The lowest BCUT2D eigenvalue weighted by Crippen LogP contribution is -2.35. The molecular formula is C17H21N3O. The van der Waals surface area contributed by atoms with Gasteiger partial charge in [-0.05, 0) is 38.3 Å². The fraction of sp³-hybridized carbons (Fsp3) is 0.412. The van der Waals surface area contributed by atoms with Crippen LogP contribution in [0.2, 0.25) is 0 Å². The Kier molecular flexibility index (Phi) is 4.04. The first-order chi connectivity index (χ1) is 10.3. The fourth-order valence-electron chi connectivity index (χ4n) is 2.89. The number of aromatic nitrogens is 1. The predicted octanol–water partition coefficient (Wildman–Crippen LogP) is 3.29. The molecule has 2 heterocycles. The van der Waals surface area contributed by atoms with Crippen molar-refractivity contribution in [1.82, 2.24) is 9.88 Å². The maximum absolute atomic E-state index is 12.8. The van der Waals surface area contributed by atoms with Crippen molar-refractivity contribution in [3.8, 4) is 0 Å². The van der Waals surface area contributed by atoms with Gasteiger partial charge in [0.05, 0.1) is 11.1 Å². The quantitative estimate of drug-likeness (QED) is 0.940. The predicted molar refractivity (Wildman–Crippen MR) is 85.7 cm³/mol. The third-order valence-corrected chi connectivity index (χ3v) is 3.95. The SMILES string of the molecule is CCNc1cc(C(=O)N2CCCCC2)c2ccccc2n1. The molecule has 3 rings (SSSR count). The van der Waals surface area contributed by atoms with Crippen LogP contribution in [-0.4, -0.2) is 35.4 Å². The zero-order chi connectivity index (χ0) is 14.7. The van der Waals surface area contributed by atoms with Gasteiger partial charge in [-0.1, -0.05) is 18.2 Å². The molecule has 1 saturated heterocycles. The Bertz CT molecular complexity index is 648. The van der Waals surface area contributed by atoms with Crippen LogP contribution in [0.5, 0.6) is 0 Å². The number of para-hydroxylation sites is 1. The van der Waals surface area contributed by atoms with Gasteiger partial charge in [0.15, 0.2) is 0 Å². The van der Waals surface area contributed by atoms with Gasteiger partial charge in [0.1, 0.15) is 5.82 Å². The summed E-state index contributed by atoms with van der Waals surface area (Å²) in [5.41, 5.74) is 1.63. The molecule has 1 aromatic carbocycles. The number of amides is 1. The zero-order valence-corrected chi connectivity index (χ0v) is 12.4. The summed E-state index contributed by atoms with van der Waals surface area (Å²) in [7, 11) is 0. The lowest BCUT2D eigenvalue weighted by Gasteiger charge is -2.27. The van der Waals surface area contributed by atoms with Crippen molar-refractivity contribution in [3.63, 3.8) is 0 Å². The van der Waals surface area contributed by atoms with Crippen molar-refractivity contribution >= 4 is 22.6 Å². The summed E-state index contributed by atoms with van der Waals surface area (Å²) in [6.45, 7) is 4.56. The molecule has 4 heteroatoms. The second-order valence-electron chi connectivity index (χ2n) is 5.46. The molecule has 4 nitrogen and oxygen atoms in total. The zero-order valence-electron chi connectivity index (χ0n) is 12.4. The first-order valence-electron chi connectivity index (χ1n) is 7.72. The lowest BCUT2D eigenvalue weighted by atomic mass is 10.1. The molecule has 0 unspecified atom stereocenters. The highest BCUT2D eigenvalue weighted by Crippen LogP contribution is 2.23. The van der Waals surface area contributed by atoms with Crippen molar-refractivity contribution in [3.05, 3.63) is 35.9 Å². The molecule has 1 fully saturated rings. The first kappa shape index (κ1) is 13.9. The molecule has 1 amide bonds. The van der Waals surface area contributed by atoms with Gasteiger partial charge < -0.3 is 10.2 Å². The van der Waals surface area contributed by atoms with Gasteiger partial charge in [-0.2, -0.15) is 0 Å². The third-order valence-electron chi connectivity index (χ3n) is 3.95. The maximum atomic E-state index is 12.8. The van der Waals surface area contributed by atoms with Crippen molar-refractivity contribution in [2.45, 2.75) is 26.2 Å². The highest BCUT2D eigenvalue weighted by Gasteiger charge is 2.21. The molecule has 110 valence electrons. The smallest absolute Gasteiger partial charge is 0.254 e. The Hall–Kier alpha value is -2.10. The number of anilines is 1. The normalized spacial score (nSPS) is 15.2. The van der Waals surface area contributed by atoms with Gasteiger partial charge in [0.2, 0.25) is 0 Å². The number of likely N-dealkylation sites (tertiary alicyclic amines) is 1. The number of carbonyl (C=O) groups is 1. The van der Waals surface area contributed by atoms with E-state index in [1.807, 2.05) is 42.2 Å². The molecule has 0 radical (unpaired) electrons. The number of piperidine rings is 1. The number of nitrogens with one attached hydrogen (secondary N) is 1. The second kappa shape index (κ2) is 6.12. The summed E-state index contributed by atoms with van der Waals surface area (Å²) in [5.74, 6) is 0.906. The van der Waals surface area contributed by atoms with Gasteiger partial charge >= 0.3 is 0 Å². The largest absolute Gasteiger partial charge is 0.370 e. The van der Waals surface area contributed by atoms with E-state index in [1.165, 1.54) is 6.42 Å². The Morgan fingerprint density at radius 1 is 1.24 bits per heavy atom. The van der Waals surface area contributed by atoms with Crippen molar-refractivity contribution < 1.29 is 4.79 Å². The van der Waals surface area contributed by atoms with Crippen LogP contribution < -0.4 is 5.32 Å². The van der Waals surface area contributed by atoms with Crippen LogP contribution in [0.25, 0.3) is 10.9 Å². The monoisotopic (exact) mass is 283 g/mol. The molecule has 1 aromatic heterocycles. The minimum atomic E-state index is 0.132. The number of pyridine rings is 1. The van der Waals surface area contributed by atoms with Crippen LogP contribution in [0.4, 0.5) is 5.82 Å². The number of nitrogens with zero attached hydrogens (tertiary/aromatic N) is 2. The number of hydrogen-bond acceptors (Lipinski definition) is 3. The number of rotatable bonds is 3. The van der Waals surface area contributed by atoms with Gasteiger partial charge in [0.25, 0.3) is 5.91 Å². The average Bonchev–Trinajstić information content (AvgIpc) is 2.54. The van der Waals surface area contributed by atoms with E-state index >= 15 is 0 Å². The van der Waals surface area contributed by atoms with Gasteiger partial charge in [0, 0.05) is 25.0 Å². The molecule has 0 spiro atoms. The summed E-state index contributed by atoms with van der Waals surface area (Å²) >= 11 is 0. The Balaban J connectivity index is 2.04. The highest BCUT2D eigenvalue weighted by molar-refractivity contribution is 6.07. The standard InChI is InChI=1S/C17H21N3O/c1-2-18-16-12-14(13-8-4-5-9-15(13)19-16)17(21)20-10-6-3-7-11-20/h4-5,8-9,12H,2-3,6-7,10-11H2,1H3,(H,18,19). The highest BCUT2D eigenvalue weighted by atomic mass is 16.2. The summed E-state index contributed by atoms with van der Waals surface area (Å²) in [4.78, 5) is 19.4. The van der Waals surface area contributed by atoms with E-state index in [4.69, 9.17) is 0 Å². The number of hydrogen-bond donors (Lipinski definition) is 1. The van der Waals surface area contributed by atoms with E-state index < -0.39 is 0 Å². The molecule has 0 bridgehead atoms. The van der Waals surface area contributed by atoms with E-state index in [0.29, 0.717) is 0 Å². The van der Waals surface area contributed by atoms with E-state index in [2.05, 4.69) is 10.3 Å². The van der Waals surface area contributed by atoms with E-state index in [9.17, 15) is 4.79 Å². The first-order valence-corrected chi connectivity index (χ1v) is 7.72. The molecule has 21 heavy (non-hydrogen) atoms. The molecule has 2 aromatic rings. The van der Waals surface area contributed by atoms with Crippen LogP contribution in [0.3, 0.4) is 0 Å². The Labute approximate surface area is 125 Å². The maximum Gasteiger partial charge on any atom is 0.254 e. The van der Waals surface area contributed by atoms with Crippen LogP contribution >= 0.6 is 0 Å². The fourth-order valence-corrected chi connectivity index (χ4v) is 2.89. The van der Waals surface area contributed by atoms with Crippen LogP contribution in [0.15, 0.2) is 30.3 Å². The molecule has 0 atom stereocenters. The second-order valence-corrected chi connectivity index (χ2v) is 5.46. The molecule has 1 N–H and O–H groups in total. The topological polar surface area (TPSA) is 45.2 Å². The molecule has 1 aliphatic rings. The van der Waals surface area contributed by atoms with Crippen molar-refractivity contribution in [2.24, 2.45) is 0 Å². The third kappa shape index (κ3) is 2.84. The average molecular weight is 283 g/mol. The van der Waals surface area contributed by atoms with Gasteiger partial charge in [-0.25, -0.2) is 4.98 Å². The molecule has 0 saturated carbocycles. The Morgan fingerprint density at radius 2 is 2.00 bits per heavy atom. The number of benzene rings is 1. The summed E-state index contributed by atoms with van der Waals surface area (Å²) < 4.78 is 0. The van der Waals surface area contributed by atoms with E-state index in [-0.39, 0.29) is 5.91 Å². The van der Waals surface area contributed by atoms with Crippen molar-refractivity contribution in [2.75, 3.05) is 25.0 Å². The number of carbonyl (C=O) groups excluding carboxylic acids is 1. The molecular weight excluding hydrogens is 262 g/mol. The van der Waals surface area contributed by atoms with Gasteiger partial charge in [-0.3, -0.25) is 4.79 Å². The summed E-state index contributed by atoms with van der Waals surface area (Å²) in [5, 5.41) is 4.16. The number of fused-ring (bicyclic) bond motifs is 1. The van der Waals surface area contributed by atoms with Crippen LogP contribution in [0, 0.1) is 0 Å². The van der Waals surface area contributed by atoms with Crippen molar-refractivity contribution in [1.29, 1.82) is 0 Å². The minimum Gasteiger partial charge on any atom is -0.370 e. The summed E-state index contributed by atoms with van der Waals surface area (Å²) in [6, 6.07) is 9.76. The molecule has 1 aliphatic heterocycles. The lowest BCUT2D eigenvalue weighted by molar-refractivity contribution is 0.0726. The minimum absolute atomic E-state index is 0.132. The Morgan fingerprint density at radius 3 is 2.76 bits per heavy atom. The molecule has 0 aliphatic carbocycles. The van der Waals surface area contributed by atoms with Gasteiger partial charge in [-0.15, -0.1) is 0 Å². The van der Waals surface area contributed by atoms with E-state index in [1.54, 1.807) is 0 Å². The van der Waals surface area contributed by atoms with E-state index in [0.717, 1.165) is 54.8 Å².